The second-order valence-electron chi connectivity index (χ2n) is 6.50. The highest BCUT2D eigenvalue weighted by Crippen LogP contribution is 2.31. The van der Waals surface area contributed by atoms with E-state index < -0.39 is 18.0 Å². The highest BCUT2D eigenvalue weighted by Gasteiger charge is 2.30. The lowest BCUT2D eigenvalue weighted by Gasteiger charge is -2.09. The Morgan fingerprint density at radius 1 is 1.03 bits per heavy atom. The van der Waals surface area contributed by atoms with Crippen LogP contribution in [0.25, 0.3) is 0 Å². The van der Waals surface area contributed by atoms with Crippen LogP contribution in [0, 0.1) is 0 Å². The first-order valence-corrected chi connectivity index (χ1v) is 9.02. The Labute approximate surface area is 170 Å². The maximum Gasteiger partial charge on any atom is 0.416 e. The highest BCUT2D eigenvalue weighted by molar-refractivity contribution is 5.99. The summed E-state index contributed by atoms with van der Waals surface area (Å²) in [4.78, 5) is 14.1. The Kier molecular flexibility index (Phi) is 5.39. The first-order valence-electron chi connectivity index (χ1n) is 9.02. The summed E-state index contributed by atoms with van der Waals surface area (Å²) in [5.41, 5.74) is 10.2. The van der Waals surface area contributed by atoms with Gasteiger partial charge in [-0.2, -0.15) is 13.2 Å². The third-order valence-corrected chi connectivity index (χ3v) is 4.43. The van der Waals surface area contributed by atoms with Gasteiger partial charge >= 0.3 is 6.18 Å². The minimum atomic E-state index is -4.40. The van der Waals surface area contributed by atoms with Crippen molar-refractivity contribution in [1.29, 1.82) is 0 Å². The second-order valence-corrected chi connectivity index (χ2v) is 6.50. The van der Waals surface area contributed by atoms with Crippen LogP contribution < -0.4 is 16.0 Å². The predicted molar refractivity (Wildman–Crippen MR) is 104 cm³/mol. The van der Waals surface area contributed by atoms with E-state index in [4.69, 9.17) is 15.3 Å². The number of aliphatic imine (C=N–C) groups is 1. The molecule has 3 N–H and O–H groups in total. The summed E-state index contributed by atoms with van der Waals surface area (Å²) < 4.78 is 43.6. The molecule has 0 aliphatic carbocycles. The van der Waals surface area contributed by atoms with Crippen molar-refractivity contribution >= 4 is 5.84 Å². The van der Waals surface area contributed by atoms with Gasteiger partial charge in [-0.3, -0.25) is 0 Å². The van der Waals surface area contributed by atoms with E-state index >= 15 is 0 Å². The monoisotopic (exact) mass is 414 g/mol. The van der Waals surface area contributed by atoms with Gasteiger partial charge < -0.3 is 10.5 Å². The quantitative estimate of drug-likeness (QED) is 0.650. The minimum Gasteiger partial charge on any atom is -0.439 e. The Morgan fingerprint density at radius 2 is 1.77 bits per heavy atom. The molecule has 2 heterocycles. The van der Waals surface area contributed by atoms with Crippen molar-refractivity contribution in [3.63, 3.8) is 0 Å². The van der Waals surface area contributed by atoms with Gasteiger partial charge in [-0.05, 0) is 35.9 Å². The molecule has 3 aromatic rings. The van der Waals surface area contributed by atoms with Crippen molar-refractivity contribution in [1.82, 2.24) is 10.5 Å². The number of nitrogens with zero attached hydrogens (tertiary/aromatic N) is 2. The molecule has 6 nitrogen and oxygen atoms in total. The van der Waals surface area contributed by atoms with Gasteiger partial charge in [0.1, 0.15) is 5.75 Å². The van der Waals surface area contributed by atoms with E-state index in [0.29, 0.717) is 17.9 Å². The summed E-state index contributed by atoms with van der Waals surface area (Å²) in [6, 6.07) is 15.3. The van der Waals surface area contributed by atoms with Crippen LogP contribution in [-0.2, 0) is 17.6 Å². The number of ether oxygens (including phenoxy) is 1. The highest BCUT2D eigenvalue weighted by atomic mass is 19.4. The van der Waals surface area contributed by atoms with Crippen LogP contribution in [-0.4, -0.2) is 10.8 Å². The number of benzene rings is 2. The number of hydrogen-bond donors (Lipinski definition) is 2. The molecule has 154 valence electrons. The number of hydroxylamine groups is 1. The molecule has 1 aliphatic heterocycles. The van der Waals surface area contributed by atoms with Gasteiger partial charge in [0.05, 0.1) is 5.56 Å². The topological polar surface area (TPSA) is 81.8 Å². The fraction of sp³-hybridized carbons (Fsp3) is 0.143. The van der Waals surface area contributed by atoms with E-state index in [9.17, 15) is 13.2 Å². The van der Waals surface area contributed by atoms with Crippen molar-refractivity contribution in [3.05, 3.63) is 89.1 Å². The number of rotatable bonds is 5. The SMILES string of the molecule is NCc1ccc(C2N=C(c3ccnc(Oc4ccc(C(F)(F)F)cc4)c3)NO2)cc1. The molecule has 0 bridgehead atoms. The number of pyridine rings is 1. The summed E-state index contributed by atoms with van der Waals surface area (Å²) >= 11 is 0. The normalized spacial score (nSPS) is 16.1. The van der Waals surface area contributed by atoms with Crippen molar-refractivity contribution in [3.8, 4) is 11.6 Å². The smallest absolute Gasteiger partial charge is 0.416 e. The molecular formula is C21H17F3N4O2. The lowest BCUT2D eigenvalue weighted by molar-refractivity contribution is -0.137. The molecule has 30 heavy (non-hydrogen) atoms. The van der Waals surface area contributed by atoms with E-state index in [-0.39, 0.29) is 11.6 Å². The zero-order valence-electron chi connectivity index (χ0n) is 15.6. The predicted octanol–water partition coefficient (Wildman–Crippen LogP) is 4.33. The van der Waals surface area contributed by atoms with E-state index in [2.05, 4.69) is 15.5 Å². The van der Waals surface area contributed by atoms with Crippen LogP contribution in [0.3, 0.4) is 0 Å². The van der Waals surface area contributed by atoms with Gasteiger partial charge in [-0.1, -0.05) is 24.3 Å². The summed E-state index contributed by atoms with van der Waals surface area (Å²) in [5.74, 6) is 0.943. The third-order valence-electron chi connectivity index (χ3n) is 4.43. The maximum absolute atomic E-state index is 12.7. The standard InChI is InChI=1S/C21H17F3N4O2/c22-21(23,24)16-5-7-17(8-6-16)29-18-11-15(9-10-26-18)19-27-20(30-28-19)14-3-1-13(12-25)2-4-14/h1-11,20H,12,25H2,(H,27,28). The number of hydrogen-bond acceptors (Lipinski definition) is 6. The molecule has 1 aromatic heterocycles. The van der Waals surface area contributed by atoms with Crippen molar-refractivity contribution in [2.75, 3.05) is 0 Å². The fourth-order valence-electron chi connectivity index (χ4n) is 2.82. The largest absolute Gasteiger partial charge is 0.439 e. The molecule has 0 radical (unpaired) electrons. The second kappa shape index (κ2) is 8.13. The molecule has 0 fully saturated rings. The molecular weight excluding hydrogens is 397 g/mol. The molecule has 4 rings (SSSR count). The summed E-state index contributed by atoms with van der Waals surface area (Å²) in [5, 5.41) is 0. The number of alkyl halides is 3. The molecule has 0 amide bonds. The number of aromatic nitrogens is 1. The third kappa shape index (κ3) is 4.42. The van der Waals surface area contributed by atoms with E-state index in [1.807, 2.05) is 24.3 Å². The van der Waals surface area contributed by atoms with Gasteiger partial charge in [-0.25, -0.2) is 20.3 Å². The van der Waals surface area contributed by atoms with E-state index in [0.717, 1.165) is 23.3 Å². The van der Waals surface area contributed by atoms with Gasteiger partial charge in [0, 0.05) is 29.9 Å². The molecule has 0 spiro atoms. The zero-order valence-corrected chi connectivity index (χ0v) is 15.6. The first kappa shape index (κ1) is 19.9. The fourth-order valence-corrected chi connectivity index (χ4v) is 2.82. The molecule has 0 saturated heterocycles. The van der Waals surface area contributed by atoms with Crippen molar-refractivity contribution < 1.29 is 22.7 Å². The minimum absolute atomic E-state index is 0.215. The Morgan fingerprint density at radius 3 is 2.43 bits per heavy atom. The van der Waals surface area contributed by atoms with Crippen LogP contribution in [0.2, 0.25) is 0 Å². The molecule has 9 heteroatoms. The molecule has 2 aromatic carbocycles. The van der Waals surface area contributed by atoms with Crippen LogP contribution in [0.1, 0.15) is 28.5 Å². The summed E-state index contributed by atoms with van der Waals surface area (Å²) in [6.45, 7) is 0.456. The average molecular weight is 414 g/mol. The van der Waals surface area contributed by atoms with E-state index in [1.165, 1.54) is 18.3 Å². The summed E-state index contributed by atoms with van der Waals surface area (Å²) in [7, 11) is 0. The van der Waals surface area contributed by atoms with Crippen LogP contribution in [0.15, 0.2) is 71.9 Å². The van der Waals surface area contributed by atoms with Gasteiger partial charge in [0.25, 0.3) is 0 Å². The lowest BCUT2D eigenvalue weighted by Crippen LogP contribution is -2.18. The lowest BCUT2D eigenvalue weighted by atomic mass is 10.1. The van der Waals surface area contributed by atoms with Crippen LogP contribution >= 0.6 is 0 Å². The zero-order chi connectivity index (χ0) is 21.1. The van der Waals surface area contributed by atoms with Crippen molar-refractivity contribution in [2.45, 2.75) is 18.9 Å². The van der Waals surface area contributed by atoms with Gasteiger partial charge in [-0.15, -0.1) is 0 Å². The number of nitrogens with two attached hydrogens (primary N) is 1. The Balaban J connectivity index is 1.49. The number of nitrogens with one attached hydrogen (secondary N) is 1. The first-order chi connectivity index (χ1) is 14.4. The average Bonchev–Trinajstić information content (AvgIpc) is 3.24. The van der Waals surface area contributed by atoms with Gasteiger partial charge in [0.15, 0.2) is 5.84 Å². The van der Waals surface area contributed by atoms with Gasteiger partial charge in [0.2, 0.25) is 12.1 Å². The summed E-state index contributed by atoms with van der Waals surface area (Å²) in [6.07, 6.45) is -3.40. The van der Waals surface area contributed by atoms with Crippen LogP contribution in [0.4, 0.5) is 13.2 Å². The molecule has 1 unspecified atom stereocenters. The van der Waals surface area contributed by atoms with Crippen LogP contribution in [0.5, 0.6) is 11.6 Å². The molecule has 0 saturated carbocycles. The Hall–Kier alpha value is -3.43. The van der Waals surface area contributed by atoms with Crippen molar-refractivity contribution in [2.24, 2.45) is 10.7 Å². The number of halogens is 3. The number of amidine groups is 1. The van der Waals surface area contributed by atoms with E-state index in [1.54, 1.807) is 12.1 Å². The molecule has 1 aliphatic rings. The maximum atomic E-state index is 12.7. The Bertz CT molecular complexity index is 1050. The molecule has 1 atom stereocenters.